The van der Waals surface area contributed by atoms with Crippen molar-refractivity contribution in [2.45, 2.75) is 13.1 Å². The summed E-state index contributed by atoms with van der Waals surface area (Å²) in [5.74, 6) is 1.32. The molecule has 2 rings (SSSR count). The molecule has 6 heteroatoms. The molecular weight excluding hydrogens is 266 g/mol. The van der Waals surface area contributed by atoms with Crippen LogP contribution in [0.5, 0.6) is 5.88 Å². The molecule has 2 aromatic rings. The van der Waals surface area contributed by atoms with Gasteiger partial charge in [0.05, 0.1) is 19.3 Å². The Hall–Kier alpha value is -2.63. The molecule has 0 unspecified atom stereocenters. The van der Waals surface area contributed by atoms with Crippen LogP contribution in [0, 0.1) is 0 Å². The van der Waals surface area contributed by atoms with Gasteiger partial charge < -0.3 is 15.4 Å². The first-order chi connectivity index (χ1) is 10.3. The van der Waals surface area contributed by atoms with Crippen molar-refractivity contribution in [1.29, 1.82) is 0 Å². The van der Waals surface area contributed by atoms with Crippen molar-refractivity contribution < 1.29 is 4.74 Å². The van der Waals surface area contributed by atoms with Crippen LogP contribution < -0.4 is 15.4 Å². The van der Waals surface area contributed by atoms with Gasteiger partial charge in [0.1, 0.15) is 0 Å². The zero-order chi connectivity index (χ0) is 14.9. The van der Waals surface area contributed by atoms with Gasteiger partial charge in [0.2, 0.25) is 5.88 Å². The Morgan fingerprint density at radius 2 is 1.90 bits per heavy atom. The lowest BCUT2D eigenvalue weighted by Gasteiger charge is -2.12. The molecule has 0 fully saturated rings. The number of pyridine rings is 2. The maximum atomic E-state index is 5.22. The lowest BCUT2D eigenvalue weighted by Crippen LogP contribution is -2.36. The minimum atomic E-state index is 0.582. The average Bonchev–Trinajstić information content (AvgIpc) is 2.56. The van der Waals surface area contributed by atoms with E-state index in [2.05, 4.69) is 25.6 Å². The fourth-order valence-electron chi connectivity index (χ4n) is 1.82. The molecule has 6 nitrogen and oxygen atoms in total. The van der Waals surface area contributed by atoms with Crippen LogP contribution in [-0.2, 0) is 13.1 Å². The van der Waals surface area contributed by atoms with Crippen LogP contribution in [0.25, 0.3) is 0 Å². The van der Waals surface area contributed by atoms with E-state index in [0.717, 1.165) is 11.3 Å². The van der Waals surface area contributed by atoms with Gasteiger partial charge in [0, 0.05) is 31.5 Å². The van der Waals surface area contributed by atoms with E-state index in [0.29, 0.717) is 24.9 Å². The van der Waals surface area contributed by atoms with Crippen molar-refractivity contribution in [3.8, 4) is 5.88 Å². The number of nitrogens with zero attached hydrogens (tertiary/aromatic N) is 3. The number of methoxy groups -OCH3 is 1. The van der Waals surface area contributed by atoms with Crippen LogP contribution in [0.4, 0.5) is 0 Å². The Bertz CT molecular complexity index is 586. The van der Waals surface area contributed by atoms with Crippen LogP contribution in [0.15, 0.2) is 47.7 Å². The molecule has 0 bridgehead atoms. The van der Waals surface area contributed by atoms with Crippen LogP contribution in [0.2, 0.25) is 0 Å². The van der Waals surface area contributed by atoms with E-state index in [4.69, 9.17) is 4.74 Å². The second-order valence-electron chi connectivity index (χ2n) is 4.27. The van der Waals surface area contributed by atoms with Gasteiger partial charge in [-0.3, -0.25) is 9.98 Å². The number of hydrogen-bond acceptors (Lipinski definition) is 4. The molecule has 0 saturated heterocycles. The van der Waals surface area contributed by atoms with Gasteiger partial charge in [-0.25, -0.2) is 4.98 Å². The highest BCUT2D eigenvalue weighted by Gasteiger charge is 2.04. The van der Waals surface area contributed by atoms with Crippen molar-refractivity contribution in [3.05, 3.63) is 54.0 Å². The molecule has 0 atom stereocenters. The molecule has 2 N–H and O–H groups in total. The quantitative estimate of drug-likeness (QED) is 0.641. The van der Waals surface area contributed by atoms with Crippen molar-refractivity contribution in [3.63, 3.8) is 0 Å². The summed E-state index contributed by atoms with van der Waals surface area (Å²) < 4.78 is 5.22. The van der Waals surface area contributed by atoms with Crippen LogP contribution in [0.1, 0.15) is 11.3 Å². The predicted octanol–water partition coefficient (Wildman–Crippen LogP) is 1.35. The largest absolute Gasteiger partial charge is 0.481 e. The summed E-state index contributed by atoms with van der Waals surface area (Å²) >= 11 is 0. The van der Waals surface area contributed by atoms with E-state index >= 15 is 0 Å². The van der Waals surface area contributed by atoms with E-state index in [1.165, 1.54) is 0 Å². The standard InChI is InChI=1S/C15H19N5O/c1-16-15(20-11-13-7-3-4-8-17-13)19-10-12-6-5-9-18-14(12)21-2/h3-9H,10-11H2,1-2H3,(H2,16,19,20). The van der Waals surface area contributed by atoms with Crippen LogP contribution in [-0.4, -0.2) is 30.1 Å². The lowest BCUT2D eigenvalue weighted by molar-refractivity contribution is 0.392. The van der Waals surface area contributed by atoms with Gasteiger partial charge >= 0.3 is 0 Å². The summed E-state index contributed by atoms with van der Waals surface area (Å²) in [6, 6.07) is 9.66. The molecule has 110 valence electrons. The second kappa shape index (κ2) is 7.84. The normalized spacial score (nSPS) is 11.0. The molecule has 21 heavy (non-hydrogen) atoms. The van der Waals surface area contributed by atoms with E-state index in [1.54, 1.807) is 26.6 Å². The third-order valence-corrected chi connectivity index (χ3v) is 2.88. The fraction of sp³-hybridized carbons (Fsp3) is 0.267. The molecule has 0 spiro atoms. The number of nitrogens with one attached hydrogen (secondary N) is 2. The lowest BCUT2D eigenvalue weighted by atomic mass is 10.2. The Balaban J connectivity index is 1.88. The second-order valence-corrected chi connectivity index (χ2v) is 4.27. The topological polar surface area (TPSA) is 71.4 Å². The first-order valence-corrected chi connectivity index (χ1v) is 6.66. The third-order valence-electron chi connectivity index (χ3n) is 2.88. The summed E-state index contributed by atoms with van der Waals surface area (Å²) in [7, 11) is 3.34. The number of aromatic nitrogens is 2. The van der Waals surface area contributed by atoms with E-state index in [1.807, 2.05) is 30.3 Å². The van der Waals surface area contributed by atoms with Crippen molar-refractivity contribution in [2.24, 2.45) is 4.99 Å². The van der Waals surface area contributed by atoms with Crippen molar-refractivity contribution in [2.75, 3.05) is 14.2 Å². The minimum absolute atomic E-state index is 0.582. The Kier molecular flexibility index (Phi) is 5.51. The van der Waals surface area contributed by atoms with Gasteiger partial charge in [-0.15, -0.1) is 0 Å². The number of hydrogen-bond donors (Lipinski definition) is 2. The summed E-state index contributed by atoms with van der Waals surface area (Å²) in [5.41, 5.74) is 1.93. The first-order valence-electron chi connectivity index (χ1n) is 6.66. The van der Waals surface area contributed by atoms with Crippen molar-refractivity contribution in [1.82, 2.24) is 20.6 Å². The summed E-state index contributed by atoms with van der Waals surface area (Å²) in [5, 5.41) is 6.43. The van der Waals surface area contributed by atoms with Crippen molar-refractivity contribution >= 4 is 5.96 Å². The van der Waals surface area contributed by atoms with Gasteiger partial charge in [-0.2, -0.15) is 0 Å². The van der Waals surface area contributed by atoms with Gasteiger partial charge in [0.25, 0.3) is 0 Å². The number of guanidine groups is 1. The van der Waals surface area contributed by atoms with Gasteiger partial charge in [-0.1, -0.05) is 12.1 Å². The maximum absolute atomic E-state index is 5.22. The van der Waals surface area contributed by atoms with E-state index in [9.17, 15) is 0 Å². The molecule has 0 aromatic carbocycles. The number of ether oxygens (including phenoxy) is 1. The Morgan fingerprint density at radius 3 is 2.62 bits per heavy atom. The SMILES string of the molecule is CN=C(NCc1ccccn1)NCc1cccnc1OC. The van der Waals surface area contributed by atoms with E-state index in [-0.39, 0.29) is 0 Å². The summed E-state index contributed by atoms with van der Waals surface area (Å²) in [4.78, 5) is 12.6. The molecule has 0 aliphatic rings. The minimum Gasteiger partial charge on any atom is -0.481 e. The Morgan fingerprint density at radius 1 is 1.10 bits per heavy atom. The van der Waals surface area contributed by atoms with Gasteiger partial charge in [0.15, 0.2) is 5.96 Å². The molecule has 2 heterocycles. The van der Waals surface area contributed by atoms with Crippen LogP contribution in [0.3, 0.4) is 0 Å². The monoisotopic (exact) mass is 285 g/mol. The summed E-state index contributed by atoms with van der Waals surface area (Å²) in [6.07, 6.45) is 3.48. The molecule has 0 amide bonds. The zero-order valence-electron chi connectivity index (χ0n) is 12.2. The maximum Gasteiger partial charge on any atom is 0.218 e. The number of aliphatic imine (C=N–C) groups is 1. The zero-order valence-corrected chi connectivity index (χ0v) is 12.2. The van der Waals surface area contributed by atoms with Crippen LogP contribution >= 0.6 is 0 Å². The summed E-state index contributed by atoms with van der Waals surface area (Å²) in [6.45, 7) is 1.20. The molecule has 2 aromatic heterocycles. The molecule has 0 aliphatic heterocycles. The fourth-order valence-corrected chi connectivity index (χ4v) is 1.82. The highest BCUT2D eigenvalue weighted by Crippen LogP contribution is 2.12. The highest BCUT2D eigenvalue weighted by molar-refractivity contribution is 5.79. The predicted molar refractivity (Wildman–Crippen MR) is 82.1 cm³/mol. The number of rotatable bonds is 5. The van der Waals surface area contributed by atoms with Gasteiger partial charge in [-0.05, 0) is 18.2 Å². The molecule has 0 saturated carbocycles. The molecule has 0 aliphatic carbocycles. The highest BCUT2D eigenvalue weighted by atomic mass is 16.5. The smallest absolute Gasteiger partial charge is 0.218 e. The first kappa shape index (κ1) is 14.8. The molecule has 0 radical (unpaired) electrons. The average molecular weight is 285 g/mol. The third kappa shape index (κ3) is 4.45. The molecular formula is C15H19N5O. The van der Waals surface area contributed by atoms with E-state index < -0.39 is 0 Å². The Labute approximate surface area is 124 Å².